The van der Waals surface area contributed by atoms with Crippen LogP contribution in [0.25, 0.3) is 0 Å². The SMILES string of the molecule is CCS(=O)(=O)CCNC(=O)c1sc(NC)nc1N. The predicted molar refractivity (Wildman–Crippen MR) is 72.7 cm³/mol. The van der Waals surface area contributed by atoms with E-state index in [1.807, 2.05) is 0 Å². The molecule has 1 heterocycles. The molecule has 0 saturated carbocycles. The summed E-state index contributed by atoms with van der Waals surface area (Å²) in [5, 5.41) is 5.84. The normalized spacial score (nSPS) is 11.2. The number of nitrogens with two attached hydrogens (primary N) is 1. The smallest absolute Gasteiger partial charge is 0.265 e. The van der Waals surface area contributed by atoms with Gasteiger partial charge in [-0.05, 0) is 0 Å². The number of hydrogen-bond acceptors (Lipinski definition) is 7. The van der Waals surface area contributed by atoms with Crippen molar-refractivity contribution in [2.45, 2.75) is 6.92 Å². The van der Waals surface area contributed by atoms with Gasteiger partial charge in [0, 0.05) is 19.3 Å². The zero-order valence-corrected chi connectivity index (χ0v) is 11.8. The third-order valence-electron chi connectivity index (χ3n) is 2.21. The van der Waals surface area contributed by atoms with Gasteiger partial charge >= 0.3 is 0 Å². The Morgan fingerprint density at radius 2 is 2.17 bits per heavy atom. The van der Waals surface area contributed by atoms with Gasteiger partial charge in [0.15, 0.2) is 15.0 Å². The molecule has 0 aliphatic carbocycles. The van der Waals surface area contributed by atoms with Gasteiger partial charge in [0.1, 0.15) is 10.7 Å². The number of nitrogens with one attached hydrogen (secondary N) is 2. The van der Waals surface area contributed by atoms with E-state index in [1.165, 1.54) is 0 Å². The van der Waals surface area contributed by atoms with Crippen LogP contribution in [-0.4, -0.2) is 44.4 Å². The molecule has 0 radical (unpaired) electrons. The maximum atomic E-state index is 11.7. The summed E-state index contributed by atoms with van der Waals surface area (Å²) in [4.78, 5) is 15.9. The summed E-state index contributed by atoms with van der Waals surface area (Å²) in [6.45, 7) is 1.64. The van der Waals surface area contributed by atoms with Crippen LogP contribution in [0.2, 0.25) is 0 Å². The lowest BCUT2D eigenvalue weighted by atomic mass is 10.4. The zero-order valence-electron chi connectivity index (χ0n) is 10.2. The fourth-order valence-corrected chi connectivity index (χ4v) is 2.60. The molecule has 0 aromatic carbocycles. The monoisotopic (exact) mass is 292 g/mol. The Balaban J connectivity index is 2.58. The number of thiazole rings is 1. The van der Waals surface area contributed by atoms with Crippen LogP contribution in [0, 0.1) is 0 Å². The van der Waals surface area contributed by atoms with E-state index in [2.05, 4.69) is 15.6 Å². The molecule has 0 fully saturated rings. The minimum absolute atomic E-state index is 0.0650. The summed E-state index contributed by atoms with van der Waals surface area (Å²) in [6.07, 6.45) is 0. The lowest BCUT2D eigenvalue weighted by molar-refractivity contribution is 0.0961. The second-order valence-electron chi connectivity index (χ2n) is 3.48. The number of hydrogen-bond donors (Lipinski definition) is 3. The maximum absolute atomic E-state index is 11.7. The quantitative estimate of drug-likeness (QED) is 0.676. The van der Waals surface area contributed by atoms with Crippen molar-refractivity contribution < 1.29 is 13.2 Å². The number of carbonyl (C=O) groups excluding carboxylic acids is 1. The van der Waals surface area contributed by atoms with Gasteiger partial charge in [0.05, 0.1) is 5.75 Å². The van der Waals surface area contributed by atoms with Gasteiger partial charge in [-0.2, -0.15) is 0 Å². The number of anilines is 2. The molecular formula is C9H16N4O3S2. The van der Waals surface area contributed by atoms with Crippen LogP contribution in [0.1, 0.15) is 16.6 Å². The van der Waals surface area contributed by atoms with Crippen LogP contribution in [-0.2, 0) is 9.84 Å². The molecule has 0 aliphatic heterocycles. The van der Waals surface area contributed by atoms with E-state index in [4.69, 9.17) is 5.73 Å². The molecule has 0 aliphatic rings. The number of nitrogen functional groups attached to an aromatic ring is 1. The minimum atomic E-state index is -3.08. The van der Waals surface area contributed by atoms with Gasteiger partial charge in [0.25, 0.3) is 5.91 Å². The Morgan fingerprint density at radius 1 is 1.50 bits per heavy atom. The summed E-state index contributed by atoms with van der Waals surface area (Å²) >= 11 is 1.12. The maximum Gasteiger partial charge on any atom is 0.265 e. The second-order valence-corrected chi connectivity index (χ2v) is 6.95. The van der Waals surface area contributed by atoms with Crippen molar-refractivity contribution in [2.75, 3.05) is 36.1 Å². The van der Waals surface area contributed by atoms with Crippen molar-refractivity contribution in [3.8, 4) is 0 Å². The van der Waals surface area contributed by atoms with E-state index in [1.54, 1.807) is 14.0 Å². The number of nitrogens with zero attached hydrogens (tertiary/aromatic N) is 1. The molecule has 1 amide bonds. The first kappa shape index (κ1) is 14.7. The highest BCUT2D eigenvalue weighted by Crippen LogP contribution is 2.23. The Labute approximate surface area is 110 Å². The third kappa shape index (κ3) is 3.84. The highest BCUT2D eigenvalue weighted by atomic mass is 32.2. The average Bonchev–Trinajstić information content (AvgIpc) is 2.70. The van der Waals surface area contributed by atoms with E-state index in [0.29, 0.717) is 5.13 Å². The molecule has 9 heteroatoms. The van der Waals surface area contributed by atoms with Gasteiger partial charge in [-0.25, -0.2) is 13.4 Å². The standard InChI is InChI=1S/C9H16N4O3S2/c1-3-18(15,16)5-4-12-8(14)6-7(10)13-9(11-2)17-6/h3-5,10H2,1-2H3,(H,11,13)(H,12,14). The fraction of sp³-hybridized carbons (Fsp3) is 0.556. The molecule has 1 rings (SSSR count). The van der Waals surface area contributed by atoms with E-state index in [9.17, 15) is 13.2 Å². The van der Waals surface area contributed by atoms with E-state index < -0.39 is 15.7 Å². The molecule has 4 N–H and O–H groups in total. The van der Waals surface area contributed by atoms with Crippen LogP contribution in [0.15, 0.2) is 0 Å². The van der Waals surface area contributed by atoms with Crippen molar-refractivity contribution in [1.82, 2.24) is 10.3 Å². The lowest BCUT2D eigenvalue weighted by Crippen LogP contribution is -2.29. The number of carbonyl (C=O) groups is 1. The van der Waals surface area contributed by atoms with Crippen LogP contribution in [0.3, 0.4) is 0 Å². The van der Waals surface area contributed by atoms with Crippen molar-refractivity contribution in [3.63, 3.8) is 0 Å². The van der Waals surface area contributed by atoms with E-state index in [0.717, 1.165) is 11.3 Å². The molecule has 1 aromatic rings. The Kier molecular flexibility index (Phi) is 4.91. The van der Waals surface area contributed by atoms with Crippen LogP contribution in [0.4, 0.5) is 10.9 Å². The van der Waals surface area contributed by atoms with Crippen LogP contribution >= 0.6 is 11.3 Å². The summed E-state index contributed by atoms with van der Waals surface area (Å²) in [6, 6.07) is 0. The molecule has 102 valence electrons. The van der Waals surface area contributed by atoms with Crippen molar-refractivity contribution in [1.29, 1.82) is 0 Å². The van der Waals surface area contributed by atoms with E-state index >= 15 is 0 Å². The van der Waals surface area contributed by atoms with E-state index in [-0.39, 0.29) is 28.7 Å². The largest absolute Gasteiger partial charge is 0.382 e. The molecule has 7 nitrogen and oxygen atoms in total. The molecular weight excluding hydrogens is 276 g/mol. The number of amides is 1. The summed E-state index contributed by atoms with van der Waals surface area (Å²) in [7, 11) is -1.40. The van der Waals surface area contributed by atoms with Gasteiger partial charge < -0.3 is 16.4 Å². The minimum Gasteiger partial charge on any atom is -0.382 e. The zero-order chi connectivity index (χ0) is 13.8. The molecule has 0 unspecified atom stereocenters. The number of sulfone groups is 1. The number of aromatic nitrogens is 1. The van der Waals surface area contributed by atoms with Gasteiger partial charge in [0.2, 0.25) is 0 Å². The first-order valence-corrected chi connectivity index (χ1v) is 7.96. The molecule has 0 atom stereocenters. The van der Waals surface area contributed by atoms with Gasteiger partial charge in [-0.15, -0.1) is 0 Å². The van der Waals surface area contributed by atoms with Gasteiger partial charge in [-0.3, -0.25) is 4.79 Å². The average molecular weight is 292 g/mol. The number of rotatable bonds is 6. The Hall–Kier alpha value is -1.35. The highest BCUT2D eigenvalue weighted by Gasteiger charge is 2.16. The Morgan fingerprint density at radius 3 is 2.67 bits per heavy atom. The first-order valence-electron chi connectivity index (χ1n) is 5.32. The molecule has 0 spiro atoms. The summed E-state index contributed by atoms with van der Waals surface area (Å²) in [5.74, 6) is -0.277. The molecule has 1 aromatic heterocycles. The molecule has 18 heavy (non-hydrogen) atoms. The van der Waals surface area contributed by atoms with Crippen molar-refractivity contribution in [3.05, 3.63) is 4.88 Å². The predicted octanol–water partition coefficient (Wildman–Crippen LogP) is -0.0685. The van der Waals surface area contributed by atoms with Crippen molar-refractivity contribution >= 4 is 38.0 Å². The van der Waals surface area contributed by atoms with Crippen LogP contribution in [0.5, 0.6) is 0 Å². The lowest BCUT2D eigenvalue weighted by Gasteiger charge is -2.03. The third-order valence-corrected chi connectivity index (χ3v) is 5.01. The molecule has 0 saturated heterocycles. The van der Waals surface area contributed by atoms with Crippen molar-refractivity contribution in [2.24, 2.45) is 0 Å². The van der Waals surface area contributed by atoms with Gasteiger partial charge in [-0.1, -0.05) is 18.3 Å². The summed E-state index contributed by atoms with van der Waals surface area (Å²) < 4.78 is 22.5. The Bertz CT molecular complexity index is 524. The topological polar surface area (TPSA) is 114 Å². The fourth-order valence-electron chi connectivity index (χ4n) is 1.15. The first-order chi connectivity index (χ1) is 8.39. The molecule has 0 bridgehead atoms. The summed E-state index contributed by atoms with van der Waals surface area (Å²) in [5.41, 5.74) is 5.58. The second kappa shape index (κ2) is 6.01. The highest BCUT2D eigenvalue weighted by molar-refractivity contribution is 7.91. The van der Waals surface area contributed by atoms with Crippen LogP contribution < -0.4 is 16.4 Å².